The van der Waals surface area contributed by atoms with Gasteiger partial charge >= 0.3 is 0 Å². The zero-order valence-electron chi connectivity index (χ0n) is 20.4. The lowest BCUT2D eigenvalue weighted by molar-refractivity contribution is -0.129. The first-order valence-corrected chi connectivity index (χ1v) is 12.1. The van der Waals surface area contributed by atoms with Gasteiger partial charge in [-0.1, -0.05) is 48.0 Å². The highest BCUT2D eigenvalue weighted by molar-refractivity contribution is 6.16. The minimum absolute atomic E-state index is 0.198. The van der Waals surface area contributed by atoms with Gasteiger partial charge in [0.1, 0.15) is 0 Å². The highest BCUT2D eigenvalue weighted by atomic mass is 16.2. The molecule has 0 bridgehead atoms. The molecule has 1 aromatic heterocycles. The van der Waals surface area contributed by atoms with Gasteiger partial charge in [-0.05, 0) is 55.8 Å². The molecular weight excluding hydrogens is 464 g/mol. The van der Waals surface area contributed by atoms with E-state index in [2.05, 4.69) is 5.32 Å². The number of nitrogens with one attached hydrogen (secondary N) is 1. The van der Waals surface area contributed by atoms with Gasteiger partial charge in [-0.3, -0.25) is 19.3 Å². The lowest BCUT2D eigenvalue weighted by Crippen LogP contribution is -2.40. The van der Waals surface area contributed by atoms with E-state index in [0.29, 0.717) is 30.6 Å². The maximum absolute atomic E-state index is 12.7. The molecule has 0 radical (unpaired) electrons. The van der Waals surface area contributed by atoms with E-state index < -0.39 is 0 Å². The number of amides is 3. The first-order chi connectivity index (χ1) is 18.0. The summed E-state index contributed by atoms with van der Waals surface area (Å²) in [4.78, 5) is 38.2. The molecule has 0 saturated carbocycles. The summed E-state index contributed by atoms with van der Waals surface area (Å²) in [6, 6.07) is 24.6. The molecule has 7 heteroatoms. The Labute approximate surface area is 215 Å². The standard InChI is InChI=1S/C30H26N4O3/c1-21-10-12-22(13-11-21)30-23(20-33(32-30)25-6-3-2-4-7-25)14-19-27(35)31-24-15-17-26(18-16-24)34-28(36)8-5-9-29(34)37/h2-4,6-7,10-20H,5,8-9H2,1H3,(H,31,35)/b19-14+. The summed E-state index contributed by atoms with van der Waals surface area (Å²) in [5, 5.41) is 7.61. The van der Waals surface area contributed by atoms with E-state index in [1.807, 2.05) is 67.7 Å². The molecule has 2 heterocycles. The zero-order chi connectivity index (χ0) is 25.8. The number of para-hydroxylation sites is 1. The number of benzene rings is 3. The van der Waals surface area contributed by atoms with E-state index in [1.165, 1.54) is 11.0 Å². The molecule has 4 aromatic rings. The van der Waals surface area contributed by atoms with E-state index in [0.717, 1.165) is 28.1 Å². The topological polar surface area (TPSA) is 84.3 Å². The quantitative estimate of drug-likeness (QED) is 0.284. The molecule has 1 N–H and O–H groups in total. The fourth-order valence-corrected chi connectivity index (χ4v) is 4.24. The molecule has 184 valence electrons. The summed E-state index contributed by atoms with van der Waals surface area (Å²) >= 11 is 0. The molecule has 37 heavy (non-hydrogen) atoms. The van der Waals surface area contributed by atoms with Gasteiger partial charge in [-0.2, -0.15) is 5.10 Å². The Hall–Kier alpha value is -4.78. The Morgan fingerprint density at radius 3 is 2.22 bits per heavy atom. The SMILES string of the molecule is Cc1ccc(-c2nn(-c3ccccc3)cc2/C=C/C(=O)Nc2ccc(N3C(=O)CCCC3=O)cc2)cc1. The maximum atomic E-state index is 12.7. The van der Waals surface area contributed by atoms with Crippen molar-refractivity contribution in [1.82, 2.24) is 9.78 Å². The fraction of sp³-hybridized carbons (Fsp3) is 0.133. The average Bonchev–Trinajstić information content (AvgIpc) is 3.34. The van der Waals surface area contributed by atoms with Crippen LogP contribution in [0.4, 0.5) is 11.4 Å². The van der Waals surface area contributed by atoms with Crippen LogP contribution < -0.4 is 10.2 Å². The van der Waals surface area contributed by atoms with Crippen LogP contribution in [0.2, 0.25) is 0 Å². The predicted molar refractivity (Wildman–Crippen MR) is 144 cm³/mol. The van der Waals surface area contributed by atoms with Crippen LogP contribution in [-0.4, -0.2) is 27.5 Å². The zero-order valence-corrected chi connectivity index (χ0v) is 20.4. The lowest BCUT2D eigenvalue weighted by atomic mass is 10.1. The van der Waals surface area contributed by atoms with Crippen LogP contribution in [-0.2, 0) is 14.4 Å². The molecule has 5 rings (SSSR count). The molecule has 3 amide bonds. The number of nitrogens with zero attached hydrogens (tertiary/aromatic N) is 3. The summed E-state index contributed by atoms with van der Waals surface area (Å²) in [6.07, 6.45) is 6.42. The number of hydrogen-bond donors (Lipinski definition) is 1. The first-order valence-electron chi connectivity index (χ1n) is 12.1. The number of hydrogen-bond acceptors (Lipinski definition) is 4. The third-order valence-corrected chi connectivity index (χ3v) is 6.18. The van der Waals surface area contributed by atoms with Gasteiger partial charge in [0, 0.05) is 41.9 Å². The van der Waals surface area contributed by atoms with Crippen molar-refractivity contribution in [2.24, 2.45) is 0 Å². The lowest BCUT2D eigenvalue weighted by Gasteiger charge is -2.24. The summed E-state index contributed by atoms with van der Waals surface area (Å²) < 4.78 is 1.80. The molecule has 1 fully saturated rings. The summed E-state index contributed by atoms with van der Waals surface area (Å²) in [7, 11) is 0. The van der Waals surface area contributed by atoms with Gasteiger partial charge in [0.15, 0.2) is 0 Å². The van der Waals surface area contributed by atoms with Crippen LogP contribution in [0.15, 0.2) is 91.1 Å². The largest absolute Gasteiger partial charge is 0.323 e. The van der Waals surface area contributed by atoms with Crippen LogP contribution in [0.1, 0.15) is 30.4 Å². The second-order valence-corrected chi connectivity index (χ2v) is 8.93. The molecule has 0 unspecified atom stereocenters. The monoisotopic (exact) mass is 490 g/mol. The van der Waals surface area contributed by atoms with Crippen molar-refractivity contribution in [3.63, 3.8) is 0 Å². The Balaban J connectivity index is 1.34. The van der Waals surface area contributed by atoms with Crippen LogP contribution in [0, 0.1) is 6.92 Å². The van der Waals surface area contributed by atoms with Crippen molar-refractivity contribution in [3.05, 3.63) is 102 Å². The number of aromatic nitrogens is 2. The van der Waals surface area contributed by atoms with Crippen molar-refractivity contribution in [2.45, 2.75) is 26.2 Å². The minimum Gasteiger partial charge on any atom is -0.323 e. The van der Waals surface area contributed by atoms with Crippen molar-refractivity contribution in [3.8, 4) is 16.9 Å². The second-order valence-electron chi connectivity index (χ2n) is 8.93. The van der Waals surface area contributed by atoms with Crippen LogP contribution in [0.5, 0.6) is 0 Å². The first kappa shape index (κ1) is 23.9. The van der Waals surface area contributed by atoms with Crippen molar-refractivity contribution >= 4 is 35.2 Å². The molecule has 1 saturated heterocycles. The van der Waals surface area contributed by atoms with Crippen molar-refractivity contribution in [2.75, 3.05) is 10.2 Å². The predicted octanol–water partition coefficient (Wildman–Crippen LogP) is 5.54. The molecule has 0 aliphatic carbocycles. The number of imide groups is 1. The fourth-order valence-electron chi connectivity index (χ4n) is 4.24. The number of rotatable bonds is 6. The normalized spacial score (nSPS) is 13.8. The number of anilines is 2. The molecular formula is C30H26N4O3. The summed E-state index contributed by atoms with van der Waals surface area (Å²) in [5.41, 5.74) is 5.69. The van der Waals surface area contributed by atoms with E-state index in [4.69, 9.17) is 5.10 Å². The van der Waals surface area contributed by atoms with Crippen LogP contribution in [0.25, 0.3) is 23.0 Å². The molecule has 1 aliphatic heterocycles. The Morgan fingerprint density at radius 2 is 1.54 bits per heavy atom. The third kappa shape index (κ3) is 5.41. The molecule has 3 aromatic carbocycles. The minimum atomic E-state index is -0.305. The van der Waals surface area contributed by atoms with Crippen LogP contribution in [0.3, 0.4) is 0 Å². The van der Waals surface area contributed by atoms with Gasteiger partial charge in [0.05, 0.1) is 17.1 Å². The van der Waals surface area contributed by atoms with E-state index in [-0.39, 0.29) is 17.7 Å². The van der Waals surface area contributed by atoms with E-state index >= 15 is 0 Å². The van der Waals surface area contributed by atoms with Crippen molar-refractivity contribution < 1.29 is 14.4 Å². The van der Waals surface area contributed by atoms with E-state index in [9.17, 15) is 14.4 Å². The Morgan fingerprint density at radius 1 is 0.865 bits per heavy atom. The molecule has 0 atom stereocenters. The molecule has 7 nitrogen and oxygen atoms in total. The van der Waals surface area contributed by atoms with Gasteiger partial charge in [-0.15, -0.1) is 0 Å². The summed E-state index contributed by atoms with van der Waals surface area (Å²) in [6.45, 7) is 2.03. The van der Waals surface area contributed by atoms with Crippen LogP contribution >= 0.6 is 0 Å². The van der Waals surface area contributed by atoms with Gasteiger partial charge in [0.25, 0.3) is 0 Å². The van der Waals surface area contributed by atoms with Gasteiger partial charge in [-0.25, -0.2) is 4.68 Å². The number of carbonyl (C=O) groups excluding carboxylic acids is 3. The Bertz CT molecular complexity index is 1450. The van der Waals surface area contributed by atoms with Crippen molar-refractivity contribution in [1.29, 1.82) is 0 Å². The van der Waals surface area contributed by atoms with E-state index in [1.54, 1.807) is 35.0 Å². The average molecular weight is 491 g/mol. The smallest absolute Gasteiger partial charge is 0.248 e. The van der Waals surface area contributed by atoms with Gasteiger partial charge < -0.3 is 5.32 Å². The highest BCUT2D eigenvalue weighted by Crippen LogP contribution is 2.26. The summed E-state index contributed by atoms with van der Waals surface area (Å²) in [5.74, 6) is -0.701. The highest BCUT2D eigenvalue weighted by Gasteiger charge is 2.27. The second kappa shape index (κ2) is 10.5. The Kier molecular flexibility index (Phi) is 6.76. The maximum Gasteiger partial charge on any atom is 0.248 e. The number of carbonyl (C=O) groups is 3. The molecule has 0 spiro atoms. The van der Waals surface area contributed by atoms with Gasteiger partial charge in [0.2, 0.25) is 17.7 Å². The third-order valence-electron chi connectivity index (χ3n) is 6.18. The number of aryl methyl sites for hydroxylation is 1. The molecule has 1 aliphatic rings. The number of piperidine rings is 1.